The molecule has 0 fully saturated rings. The zero-order valence-electron chi connectivity index (χ0n) is 9.18. The fraction of sp³-hybridized carbons (Fsp3) is 0.300. The van der Waals surface area contributed by atoms with Crippen LogP contribution in [0.25, 0.3) is 5.65 Å². The number of fused-ring (bicyclic) bond motifs is 1. The smallest absolute Gasteiger partial charge is 0.425 e. The second-order valence-electron chi connectivity index (χ2n) is 3.60. The monoisotopic (exact) mass is 259 g/mol. The van der Waals surface area contributed by atoms with Crippen molar-refractivity contribution in [1.82, 2.24) is 14.6 Å². The first-order valence-corrected chi connectivity index (χ1v) is 4.95. The maximum Gasteiger partial charge on any atom is 0.425 e. The van der Waals surface area contributed by atoms with E-state index in [-0.39, 0.29) is 5.56 Å². The van der Waals surface area contributed by atoms with Crippen molar-refractivity contribution in [2.75, 3.05) is 0 Å². The Morgan fingerprint density at radius 1 is 1.44 bits per heavy atom. The highest BCUT2D eigenvalue weighted by atomic mass is 19.4. The van der Waals surface area contributed by atoms with E-state index in [4.69, 9.17) is 0 Å². The van der Waals surface area contributed by atoms with Gasteiger partial charge in [-0.25, -0.2) is 4.79 Å². The van der Waals surface area contributed by atoms with Crippen molar-refractivity contribution >= 4 is 11.6 Å². The van der Waals surface area contributed by atoms with Crippen LogP contribution in [-0.4, -0.2) is 32.8 Å². The molecule has 0 amide bonds. The molecule has 1 atom stereocenters. The lowest BCUT2D eigenvalue weighted by Gasteiger charge is -2.16. The van der Waals surface area contributed by atoms with Crippen LogP contribution in [0.4, 0.5) is 13.2 Å². The van der Waals surface area contributed by atoms with Gasteiger partial charge in [-0.2, -0.15) is 13.2 Å². The first-order chi connectivity index (χ1) is 8.38. The molecule has 96 valence electrons. The van der Waals surface area contributed by atoms with Crippen molar-refractivity contribution in [3.05, 3.63) is 30.2 Å². The van der Waals surface area contributed by atoms with E-state index in [2.05, 4.69) is 14.9 Å². The third-order valence-electron chi connectivity index (χ3n) is 2.27. The van der Waals surface area contributed by atoms with Crippen LogP contribution >= 0.6 is 0 Å². The zero-order chi connectivity index (χ0) is 13.3. The van der Waals surface area contributed by atoms with Gasteiger partial charge in [0.15, 0.2) is 11.8 Å². The molecular weight excluding hydrogens is 251 g/mol. The van der Waals surface area contributed by atoms with Crippen LogP contribution < -0.4 is 0 Å². The third-order valence-corrected chi connectivity index (χ3v) is 2.27. The van der Waals surface area contributed by atoms with Gasteiger partial charge in [-0.3, -0.25) is 4.40 Å². The summed E-state index contributed by atoms with van der Waals surface area (Å²) in [7, 11) is 0. The molecule has 0 aromatic carbocycles. The second-order valence-corrected chi connectivity index (χ2v) is 3.60. The summed E-state index contributed by atoms with van der Waals surface area (Å²) in [6.45, 7) is 0.773. The van der Waals surface area contributed by atoms with Crippen LogP contribution in [0.2, 0.25) is 0 Å². The van der Waals surface area contributed by atoms with Gasteiger partial charge < -0.3 is 4.74 Å². The number of halogens is 3. The molecule has 0 saturated heterocycles. The van der Waals surface area contributed by atoms with Gasteiger partial charge in [0, 0.05) is 6.20 Å². The molecule has 2 aromatic rings. The number of pyridine rings is 1. The zero-order valence-corrected chi connectivity index (χ0v) is 9.18. The van der Waals surface area contributed by atoms with Crippen molar-refractivity contribution in [1.29, 1.82) is 0 Å². The van der Waals surface area contributed by atoms with E-state index in [9.17, 15) is 18.0 Å². The van der Waals surface area contributed by atoms with Gasteiger partial charge in [-0.15, -0.1) is 10.2 Å². The van der Waals surface area contributed by atoms with Crippen molar-refractivity contribution in [3.8, 4) is 0 Å². The lowest BCUT2D eigenvalue weighted by atomic mass is 10.3. The largest absolute Gasteiger partial charge is 0.449 e. The van der Waals surface area contributed by atoms with Crippen molar-refractivity contribution in [2.45, 2.75) is 19.2 Å². The Morgan fingerprint density at radius 3 is 2.83 bits per heavy atom. The highest BCUT2D eigenvalue weighted by Gasteiger charge is 2.39. The molecule has 8 heteroatoms. The summed E-state index contributed by atoms with van der Waals surface area (Å²) in [4.78, 5) is 11.5. The highest BCUT2D eigenvalue weighted by molar-refractivity contribution is 5.89. The molecule has 0 spiro atoms. The van der Waals surface area contributed by atoms with Gasteiger partial charge in [0.1, 0.15) is 6.33 Å². The summed E-state index contributed by atoms with van der Waals surface area (Å²) in [5.74, 6) is -1.05. The van der Waals surface area contributed by atoms with E-state index in [1.54, 1.807) is 0 Å². The van der Waals surface area contributed by atoms with Crippen LogP contribution in [0.5, 0.6) is 0 Å². The number of nitrogens with zero attached hydrogens (tertiary/aromatic N) is 3. The Bertz CT molecular complexity index is 579. The summed E-state index contributed by atoms with van der Waals surface area (Å²) in [6, 6.07) is 2.79. The lowest BCUT2D eigenvalue weighted by Crippen LogP contribution is -2.30. The highest BCUT2D eigenvalue weighted by Crippen LogP contribution is 2.23. The molecule has 0 aliphatic carbocycles. The molecule has 0 saturated carbocycles. The van der Waals surface area contributed by atoms with E-state index in [0.29, 0.717) is 5.65 Å². The summed E-state index contributed by atoms with van der Waals surface area (Å²) in [5.41, 5.74) is 0.480. The number of carbonyl (C=O) groups excluding carboxylic acids is 1. The topological polar surface area (TPSA) is 56.5 Å². The SMILES string of the molecule is CC(OC(=O)c1ccc2nncn2c1)C(F)(F)F. The first-order valence-electron chi connectivity index (χ1n) is 4.95. The summed E-state index contributed by atoms with van der Waals surface area (Å²) >= 11 is 0. The van der Waals surface area contributed by atoms with E-state index >= 15 is 0 Å². The van der Waals surface area contributed by atoms with Gasteiger partial charge in [-0.1, -0.05) is 0 Å². The Labute approximate surface area is 99.2 Å². The standard InChI is InChI=1S/C10H8F3N3O2/c1-6(10(11,12)13)18-9(17)7-2-3-8-15-14-5-16(8)4-7/h2-6H,1H3. The van der Waals surface area contributed by atoms with Gasteiger partial charge in [0.2, 0.25) is 0 Å². The van der Waals surface area contributed by atoms with Crippen LogP contribution in [0.1, 0.15) is 17.3 Å². The molecule has 2 heterocycles. The van der Waals surface area contributed by atoms with E-state index in [0.717, 1.165) is 6.92 Å². The second kappa shape index (κ2) is 4.28. The van der Waals surface area contributed by atoms with Gasteiger partial charge in [-0.05, 0) is 19.1 Å². The average molecular weight is 259 g/mol. The number of carbonyl (C=O) groups is 1. The Morgan fingerprint density at radius 2 is 2.17 bits per heavy atom. The minimum Gasteiger partial charge on any atom is -0.449 e. The number of rotatable bonds is 2. The first kappa shape index (κ1) is 12.3. The molecule has 5 nitrogen and oxygen atoms in total. The van der Waals surface area contributed by atoms with Gasteiger partial charge in [0.05, 0.1) is 5.56 Å². The van der Waals surface area contributed by atoms with Gasteiger partial charge in [0.25, 0.3) is 0 Å². The predicted octanol–water partition coefficient (Wildman–Crippen LogP) is 1.84. The summed E-state index contributed by atoms with van der Waals surface area (Å²) in [5, 5.41) is 7.28. The Kier molecular flexibility index (Phi) is 2.93. The molecule has 18 heavy (non-hydrogen) atoms. The summed E-state index contributed by atoms with van der Waals surface area (Å²) < 4.78 is 42.4. The number of ether oxygens (including phenoxy) is 1. The predicted molar refractivity (Wildman–Crippen MR) is 53.9 cm³/mol. The molecule has 2 rings (SSSR count). The maximum atomic E-state index is 12.2. The molecule has 0 aliphatic heterocycles. The maximum absolute atomic E-state index is 12.2. The van der Waals surface area contributed by atoms with Crippen LogP contribution in [0.3, 0.4) is 0 Å². The van der Waals surface area contributed by atoms with Crippen molar-refractivity contribution < 1.29 is 22.7 Å². The van der Waals surface area contributed by atoms with E-state index < -0.39 is 18.2 Å². The minimum absolute atomic E-state index is 0.00148. The summed E-state index contributed by atoms with van der Waals surface area (Å²) in [6.07, 6.45) is -4.09. The fourth-order valence-electron chi connectivity index (χ4n) is 1.24. The lowest BCUT2D eigenvalue weighted by molar-refractivity contribution is -0.198. The van der Waals surface area contributed by atoms with E-state index in [1.165, 1.54) is 29.1 Å². The van der Waals surface area contributed by atoms with Crippen LogP contribution in [0.15, 0.2) is 24.7 Å². The number of hydrogen-bond donors (Lipinski definition) is 0. The number of alkyl halides is 3. The molecule has 0 bridgehead atoms. The number of esters is 1. The normalized spacial score (nSPS) is 13.6. The van der Waals surface area contributed by atoms with E-state index in [1.807, 2.05) is 0 Å². The van der Waals surface area contributed by atoms with Crippen molar-refractivity contribution in [3.63, 3.8) is 0 Å². The molecule has 0 radical (unpaired) electrons. The molecule has 1 unspecified atom stereocenters. The van der Waals surface area contributed by atoms with Crippen LogP contribution in [0, 0.1) is 0 Å². The third kappa shape index (κ3) is 2.41. The minimum atomic E-state index is -4.57. The Hall–Kier alpha value is -2.12. The molecular formula is C10H8F3N3O2. The quantitative estimate of drug-likeness (QED) is 0.772. The number of aromatic nitrogens is 3. The molecule has 2 aromatic heterocycles. The van der Waals surface area contributed by atoms with Crippen LogP contribution in [-0.2, 0) is 4.74 Å². The number of hydrogen-bond acceptors (Lipinski definition) is 4. The van der Waals surface area contributed by atoms with Gasteiger partial charge >= 0.3 is 12.1 Å². The average Bonchev–Trinajstić information content (AvgIpc) is 2.74. The Balaban J connectivity index is 2.18. The fourth-order valence-corrected chi connectivity index (χ4v) is 1.24. The molecule has 0 N–H and O–H groups in total. The van der Waals surface area contributed by atoms with Crippen molar-refractivity contribution in [2.24, 2.45) is 0 Å². The molecule has 0 aliphatic rings.